The van der Waals surface area contributed by atoms with Crippen molar-refractivity contribution in [3.63, 3.8) is 0 Å². The van der Waals surface area contributed by atoms with Gasteiger partial charge < -0.3 is 25.4 Å². The average Bonchev–Trinajstić information content (AvgIpc) is 3.40. The minimum atomic E-state index is -4.91. The second kappa shape index (κ2) is 13.2. The largest absolute Gasteiger partial charge is 0.457 e. The van der Waals surface area contributed by atoms with E-state index in [0.717, 1.165) is 0 Å². The number of benzene rings is 2. The third-order valence-electron chi connectivity index (χ3n) is 6.86. The Morgan fingerprint density at radius 3 is 2.08 bits per heavy atom. The number of alkyl halides is 3. The number of para-hydroxylation sites is 1. The number of halogens is 3. The third-order valence-corrected chi connectivity index (χ3v) is 6.86. The molecular weight excluding hydrogens is 527 g/mol. The van der Waals surface area contributed by atoms with E-state index in [2.05, 4.69) is 10.6 Å². The summed E-state index contributed by atoms with van der Waals surface area (Å²) in [5, 5.41) is 14.8. The van der Waals surface area contributed by atoms with Gasteiger partial charge in [0, 0.05) is 12.1 Å². The first-order valence-corrected chi connectivity index (χ1v) is 13.3. The molecule has 0 aliphatic carbocycles. The Hall–Kier alpha value is -3.60. The quantitative estimate of drug-likeness (QED) is 0.400. The zero-order valence-electron chi connectivity index (χ0n) is 22.9. The molecule has 3 N–H and O–H groups in total. The lowest BCUT2D eigenvalue weighted by Gasteiger charge is -2.33. The van der Waals surface area contributed by atoms with Gasteiger partial charge in [0.05, 0.1) is 6.04 Å². The highest BCUT2D eigenvalue weighted by Gasteiger charge is 2.47. The van der Waals surface area contributed by atoms with E-state index in [0.29, 0.717) is 23.5 Å². The van der Waals surface area contributed by atoms with Crippen LogP contribution in [0.25, 0.3) is 0 Å². The van der Waals surface area contributed by atoms with Gasteiger partial charge in [-0.25, -0.2) is 0 Å². The van der Waals surface area contributed by atoms with Crippen LogP contribution in [0.1, 0.15) is 50.9 Å². The maximum absolute atomic E-state index is 13.5. The van der Waals surface area contributed by atoms with Crippen LogP contribution >= 0.6 is 0 Å². The molecule has 2 aromatic rings. The van der Waals surface area contributed by atoms with Crippen molar-refractivity contribution < 1.29 is 37.4 Å². The van der Waals surface area contributed by atoms with E-state index in [-0.39, 0.29) is 18.9 Å². The maximum atomic E-state index is 13.5. The van der Waals surface area contributed by atoms with Gasteiger partial charge in [-0.15, -0.1) is 0 Å². The van der Waals surface area contributed by atoms with E-state index in [1.165, 1.54) is 18.7 Å². The molecule has 8 nitrogen and oxygen atoms in total. The van der Waals surface area contributed by atoms with Crippen molar-refractivity contribution in [2.75, 3.05) is 6.54 Å². The normalized spacial score (nSPS) is 17.9. The van der Waals surface area contributed by atoms with Crippen LogP contribution in [-0.2, 0) is 9.59 Å². The lowest BCUT2D eigenvalue weighted by atomic mass is 9.97. The number of aliphatic hydroxyl groups excluding tert-OH is 1. The summed E-state index contributed by atoms with van der Waals surface area (Å²) in [5.41, 5.74) is 0.301. The van der Waals surface area contributed by atoms with Gasteiger partial charge in [0.2, 0.25) is 11.8 Å². The lowest BCUT2D eigenvalue weighted by molar-refractivity contribution is -0.215. The van der Waals surface area contributed by atoms with E-state index in [1.54, 1.807) is 50.2 Å². The summed E-state index contributed by atoms with van der Waals surface area (Å²) in [6.45, 7) is 6.64. The highest BCUT2D eigenvalue weighted by atomic mass is 19.4. The van der Waals surface area contributed by atoms with Crippen LogP contribution in [0.5, 0.6) is 11.5 Å². The number of ether oxygens (including phenoxy) is 1. The van der Waals surface area contributed by atoms with Crippen LogP contribution in [-0.4, -0.2) is 64.7 Å². The Balaban J connectivity index is 1.69. The highest BCUT2D eigenvalue weighted by molar-refractivity contribution is 5.98. The van der Waals surface area contributed by atoms with E-state index < -0.39 is 54.0 Å². The summed E-state index contributed by atoms with van der Waals surface area (Å²) in [6, 6.07) is 12.0. The maximum Gasteiger partial charge on any atom is 0.416 e. The first-order valence-electron chi connectivity index (χ1n) is 13.3. The van der Waals surface area contributed by atoms with E-state index in [1.807, 2.05) is 18.2 Å². The average molecular weight is 564 g/mol. The first-order chi connectivity index (χ1) is 18.8. The molecule has 4 atom stereocenters. The lowest BCUT2D eigenvalue weighted by Crippen LogP contribution is -2.59. The number of carbonyl (C=O) groups is 3. The standard InChI is InChI=1S/C29H36F3N3O5/c1-17(2)23(25(36)29(30,31)32)33-27(38)22-11-8-16-35(22)28(39)24(18(3)4)34-26(37)19-12-14-21(15-13-19)40-20-9-6-5-7-10-20/h5-7,9-10,12-15,17-18,22-25,36H,8,11,16H2,1-4H3,(H,33,38)(H,34,37)/t22-,23?,24-,25?/m0/s1. The Kier molecular flexibility index (Phi) is 10.2. The van der Waals surface area contributed by atoms with Gasteiger partial charge in [-0.05, 0) is 61.1 Å². The van der Waals surface area contributed by atoms with Gasteiger partial charge in [-0.1, -0.05) is 45.9 Å². The van der Waals surface area contributed by atoms with Gasteiger partial charge in [0.1, 0.15) is 23.6 Å². The van der Waals surface area contributed by atoms with Crippen molar-refractivity contribution in [3.8, 4) is 11.5 Å². The van der Waals surface area contributed by atoms with Crippen LogP contribution in [0.15, 0.2) is 54.6 Å². The summed E-state index contributed by atoms with van der Waals surface area (Å²) in [6.07, 6.45) is -6.92. The minimum Gasteiger partial charge on any atom is -0.457 e. The number of rotatable bonds is 10. The molecule has 40 heavy (non-hydrogen) atoms. The smallest absolute Gasteiger partial charge is 0.416 e. The topological polar surface area (TPSA) is 108 Å². The Morgan fingerprint density at radius 2 is 1.52 bits per heavy atom. The molecule has 2 aromatic carbocycles. The second-order valence-corrected chi connectivity index (χ2v) is 10.6. The number of carbonyl (C=O) groups excluding carboxylic acids is 3. The van der Waals surface area contributed by atoms with Crippen LogP contribution in [0.3, 0.4) is 0 Å². The van der Waals surface area contributed by atoms with Gasteiger partial charge in [-0.2, -0.15) is 13.2 Å². The van der Waals surface area contributed by atoms with Crippen LogP contribution in [0.4, 0.5) is 13.2 Å². The third kappa shape index (κ3) is 7.74. The first kappa shape index (κ1) is 30.9. The van der Waals surface area contributed by atoms with E-state index in [9.17, 15) is 32.7 Å². The number of aliphatic hydroxyl groups is 1. The summed E-state index contributed by atoms with van der Waals surface area (Å²) < 4.78 is 45.2. The zero-order valence-corrected chi connectivity index (χ0v) is 22.9. The van der Waals surface area contributed by atoms with Crippen molar-refractivity contribution in [1.82, 2.24) is 15.5 Å². The number of hydrogen-bond donors (Lipinski definition) is 3. The molecule has 2 unspecified atom stereocenters. The Morgan fingerprint density at radius 1 is 0.925 bits per heavy atom. The van der Waals surface area contributed by atoms with Gasteiger partial charge >= 0.3 is 6.18 Å². The molecule has 1 aliphatic heterocycles. The molecule has 0 saturated carbocycles. The van der Waals surface area contributed by atoms with Gasteiger partial charge in [0.15, 0.2) is 6.10 Å². The molecule has 1 heterocycles. The van der Waals surface area contributed by atoms with Crippen molar-refractivity contribution >= 4 is 17.7 Å². The Labute approximate surface area is 231 Å². The van der Waals surface area contributed by atoms with Crippen molar-refractivity contribution in [3.05, 3.63) is 60.2 Å². The van der Waals surface area contributed by atoms with Crippen LogP contribution < -0.4 is 15.4 Å². The predicted molar refractivity (Wildman–Crippen MR) is 143 cm³/mol. The van der Waals surface area contributed by atoms with Crippen molar-refractivity contribution in [2.45, 2.75) is 70.9 Å². The minimum absolute atomic E-state index is 0.218. The van der Waals surface area contributed by atoms with Gasteiger partial charge in [-0.3, -0.25) is 14.4 Å². The molecule has 1 fully saturated rings. The molecule has 0 radical (unpaired) electrons. The second-order valence-electron chi connectivity index (χ2n) is 10.6. The number of nitrogens with zero attached hydrogens (tertiary/aromatic N) is 1. The number of likely N-dealkylation sites (tertiary alicyclic amines) is 1. The van der Waals surface area contributed by atoms with Crippen LogP contribution in [0, 0.1) is 11.8 Å². The molecule has 1 saturated heterocycles. The van der Waals surface area contributed by atoms with E-state index >= 15 is 0 Å². The molecule has 0 spiro atoms. The summed E-state index contributed by atoms with van der Waals surface area (Å²) >= 11 is 0. The molecule has 11 heteroatoms. The van der Waals surface area contributed by atoms with Crippen molar-refractivity contribution in [1.29, 1.82) is 0 Å². The highest BCUT2D eigenvalue weighted by Crippen LogP contribution is 2.27. The summed E-state index contributed by atoms with van der Waals surface area (Å²) in [4.78, 5) is 40.9. The van der Waals surface area contributed by atoms with Crippen LogP contribution in [0.2, 0.25) is 0 Å². The monoisotopic (exact) mass is 563 g/mol. The number of hydrogen-bond acceptors (Lipinski definition) is 5. The fraction of sp³-hybridized carbons (Fsp3) is 0.483. The molecule has 1 aliphatic rings. The molecule has 3 rings (SSSR count). The fourth-order valence-electron chi connectivity index (χ4n) is 4.59. The van der Waals surface area contributed by atoms with E-state index in [4.69, 9.17) is 4.74 Å². The summed E-state index contributed by atoms with van der Waals surface area (Å²) in [7, 11) is 0. The molecule has 218 valence electrons. The van der Waals surface area contributed by atoms with Crippen molar-refractivity contribution in [2.24, 2.45) is 11.8 Å². The molecule has 0 bridgehead atoms. The summed E-state index contributed by atoms with van der Waals surface area (Å²) in [5.74, 6) is -1.64. The SMILES string of the molecule is CC(C)C(NC(=O)[C@@H]1CCCN1C(=O)[C@@H](NC(=O)c1ccc(Oc2ccccc2)cc1)C(C)C)C(O)C(F)(F)F. The number of amides is 3. The van der Waals surface area contributed by atoms with Gasteiger partial charge in [0.25, 0.3) is 5.91 Å². The zero-order chi connectivity index (χ0) is 29.6. The molecule has 3 amide bonds. The Bertz CT molecular complexity index is 1160. The molecule has 0 aromatic heterocycles. The predicted octanol–water partition coefficient (Wildman–Crippen LogP) is 4.29. The number of nitrogens with one attached hydrogen (secondary N) is 2. The molecular formula is C29H36F3N3O5. The fourth-order valence-corrected chi connectivity index (χ4v) is 4.59.